The van der Waals surface area contributed by atoms with Gasteiger partial charge in [0.2, 0.25) is 0 Å². The average molecular weight is 265 g/mol. The number of nitrogens with one attached hydrogen (secondary N) is 1. The van der Waals surface area contributed by atoms with Crippen LogP contribution in [0.25, 0.3) is 22.0 Å². The fraction of sp³-hybridized carbons (Fsp3) is 0.118. The molecule has 0 bridgehead atoms. The molecule has 2 aromatic carbocycles. The number of benzene rings is 2. The predicted octanol–water partition coefficient (Wildman–Crippen LogP) is 4.10. The molecule has 3 nitrogen and oxygen atoms in total. The zero-order chi connectivity index (χ0) is 14.1. The summed E-state index contributed by atoms with van der Waals surface area (Å²) < 4.78 is 0. The van der Waals surface area contributed by atoms with Crippen LogP contribution in [0.15, 0.2) is 48.5 Å². The molecular weight excluding hydrogens is 250 g/mol. The normalized spacial score (nSPS) is 10.8. The van der Waals surface area contributed by atoms with Crippen LogP contribution in [0.2, 0.25) is 0 Å². The lowest BCUT2D eigenvalue weighted by atomic mass is 10.00. The number of aromatic nitrogens is 1. The first-order valence-electron chi connectivity index (χ1n) is 6.64. The van der Waals surface area contributed by atoms with Crippen molar-refractivity contribution in [3.8, 4) is 11.1 Å². The summed E-state index contributed by atoms with van der Waals surface area (Å²) in [6, 6.07) is 15.7. The SMILES string of the molecule is CCc1ccc(-c2c(C(=O)O)[nH]c3ccccc23)cc1. The highest BCUT2D eigenvalue weighted by Gasteiger charge is 2.17. The smallest absolute Gasteiger partial charge is 0.352 e. The molecule has 100 valence electrons. The van der Waals surface area contributed by atoms with E-state index in [0.717, 1.165) is 28.5 Å². The van der Waals surface area contributed by atoms with Crippen LogP contribution < -0.4 is 0 Å². The van der Waals surface area contributed by atoms with Gasteiger partial charge in [0.05, 0.1) is 0 Å². The minimum absolute atomic E-state index is 0.246. The van der Waals surface area contributed by atoms with Crippen molar-refractivity contribution in [2.75, 3.05) is 0 Å². The number of fused-ring (bicyclic) bond motifs is 1. The molecule has 3 rings (SSSR count). The van der Waals surface area contributed by atoms with Gasteiger partial charge in [0.25, 0.3) is 0 Å². The van der Waals surface area contributed by atoms with Gasteiger partial charge in [-0.05, 0) is 23.6 Å². The van der Waals surface area contributed by atoms with Crippen molar-refractivity contribution >= 4 is 16.9 Å². The Morgan fingerprint density at radius 1 is 1.10 bits per heavy atom. The Morgan fingerprint density at radius 2 is 1.80 bits per heavy atom. The van der Waals surface area contributed by atoms with Crippen LogP contribution in [-0.4, -0.2) is 16.1 Å². The zero-order valence-corrected chi connectivity index (χ0v) is 11.2. The summed E-state index contributed by atoms with van der Waals surface area (Å²) >= 11 is 0. The van der Waals surface area contributed by atoms with E-state index >= 15 is 0 Å². The lowest BCUT2D eigenvalue weighted by Crippen LogP contribution is -1.98. The van der Waals surface area contributed by atoms with Crippen LogP contribution in [0.1, 0.15) is 23.0 Å². The molecule has 0 aliphatic rings. The van der Waals surface area contributed by atoms with Gasteiger partial charge in [0.15, 0.2) is 0 Å². The van der Waals surface area contributed by atoms with E-state index in [-0.39, 0.29) is 5.69 Å². The topological polar surface area (TPSA) is 53.1 Å². The van der Waals surface area contributed by atoms with Crippen molar-refractivity contribution in [3.63, 3.8) is 0 Å². The van der Waals surface area contributed by atoms with E-state index in [1.54, 1.807) is 0 Å². The average Bonchev–Trinajstić information content (AvgIpc) is 2.87. The largest absolute Gasteiger partial charge is 0.477 e. The third kappa shape index (κ3) is 1.97. The van der Waals surface area contributed by atoms with Crippen LogP contribution >= 0.6 is 0 Å². The van der Waals surface area contributed by atoms with Crippen molar-refractivity contribution in [2.24, 2.45) is 0 Å². The minimum atomic E-state index is -0.934. The summed E-state index contributed by atoms with van der Waals surface area (Å²) in [7, 11) is 0. The molecule has 0 amide bonds. The van der Waals surface area contributed by atoms with Crippen LogP contribution in [0, 0.1) is 0 Å². The Hall–Kier alpha value is -2.55. The first-order chi connectivity index (χ1) is 9.70. The van der Waals surface area contributed by atoms with Gasteiger partial charge in [-0.2, -0.15) is 0 Å². The molecule has 0 fully saturated rings. The lowest BCUT2D eigenvalue weighted by Gasteiger charge is -2.04. The van der Waals surface area contributed by atoms with Crippen molar-refractivity contribution in [2.45, 2.75) is 13.3 Å². The van der Waals surface area contributed by atoms with Crippen LogP contribution in [0.4, 0.5) is 0 Å². The van der Waals surface area contributed by atoms with E-state index in [0.29, 0.717) is 0 Å². The maximum atomic E-state index is 11.5. The molecule has 2 N–H and O–H groups in total. The summed E-state index contributed by atoms with van der Waals surface area (Å²) in [6.45, 7) is 2.10. The molecule has 0 aliphatic heterocycles. The van der Waals surface area contributed by atoms with E-state index < -0.39 is 5.97 Å². The van der Waals surface area contributed by atoms with Gasteiger partial charge in [-0.3, -0.25) is 0 Å². The highest BCUT2D eigenvalue weighted by atomic mass is 16.4. The molecule has 0 radical (unpaired) electrons. The molecule has 1 aromatic heterocycles. The Balaban J connectivity index is 2.27. The van der Waals surface area contributed by atoms with Crippen LogP contribution in [0.3, 0.4) is 0 Å². The molecule has 3 heteroatoms. The van der Waals surface area contributed by atoms with Crippen molar-refractivity contribution in [3.05, 3.63) is 59.8 Å². The van der Waals surface area contributed by atoms with Crippen LogP contribution in [-0.2, 0) is 6.42 Å². The molecule has 0 saturated heterocycles. The number of hydrogen-bond acceptors (Lipinski definition) is 1. The lowest BCUT2D eigenvalue weighted by molar-refractivity contribution is 0.0692. The number of carboxylic acid groups (broad SMARTS) is 1. The monoisotopic (exact) mass is 265 g/mol. The quantitative estimate of drug-likeness (QED) is 0.749. The summed E-state index contributed by atoms with van der Waals surface area (Å²) in [4.78, 5) is 14.4. The number of aryl methyl sites for hydroxylation is 1. The third-order valence-electron chi connectivity index (χ3n) is 3.57. The summed E-state index contributed by atoms with van der Waals surface area (Å²) in [5.41, 5.74) is 4.02. The Morgan fingerprint density at radius 3 is 2.45 bits per heavy atom. The second-order valence-corrected chi connectivity index (χ2v) is 4.78. The van der Waals surface area contributed by atoms with E-state index in [2.05, 4.69) is 11.9 Å². The van der Waals surface area contributed by atoms with Crippen molar-refractivity contribution in [1.29, 1.82) is 0 Å². The second kappa shape index (κ2) is 4.85. The van der Waals surface area contributed by atoms with Gasteiger partial charge in [-0.15, -0.1) is 0 Å². The third-order valence-corrected chi connectivity index (χ3v) is 3.57. The number of rotatable bonds is 3. The van der Waals surface area contributed by atoms with Crippen molar-refractivity contribution in [1.82, 2.24) is 4.98 Å². The Bertz CT molecular complexity index is 769. The molecule has 0 aliphatic carbocycles. The summed E-state index contributed by atoms with van der Waals surface area (Å²) in [6.07, 6.45) is 0.972. The number of aromatic carboxylic acids is 1. The second-order valence-electron chi connectivity index (χ2n) is 4.78. The number of aromatic amines is 1. The fourth-order valence-corrected chi connectivity index (χ4v) is 2.51. The van der Waals surface area contributed by atoms with Crippen LogP contribution in [0.5, 0.6) is 0 Å². The summed E-state index contributed by atoms with van der Waals surface area (Å²) in [5.74, 6) is -0.934. The first-order valence-corrected chi connectivity index (χ1v) is 6.64. The maximum Gasteiger partial charge on any atom is 0.352 e. The van der Waals surface area contributed by atoms with Gasteiger partial charge in [-0.1, -0.05) is 49.4 Å². The Kier molecular flexibility index (Phi) is 3.03. The molecule has 0 unspecified atom stereocenters. The zero-order valence-electron chi connectivity index (χ0n) is 11.2. The van der Waals surface area contributed by atoms with E-state index in [1.165, 1.54) is 5.56 Å². The van der Waals surface area contributed by atoms with E-state index in [9.17, 15) is 9.90 Å². The first kappa shape index (κ1) is 12.5. The van der Waals surface area contributed by atoms with E-state index in [1.807, 2.05) is 48.5 Å². The summed E-state index contributed by atoms with van der Waals surface area (Å²) in [5, 5.41) is 10.3. The van der Waals surface area contributed by atoms with Crippen molar-refractivity contribution < 1.29 is 9.90 Å². The molecular formula is C17H15NO2. The Labute approximate surface area is 116 Å². The van der Waals surface area contributed by atoms with Gasteiger partial charge < -0.3 is 10.1 Å². The number of hydrogen-bond donors (Lipinski definition) is 2. The van der Waals surface area contributed by atoms with E-state index in [4.69, 9.17) is 0 Å². The fourth-order valence-electron chi connectivity index (χ4n) is 2.51. The van der Waals surface area contributed by atoms with Gasteiger partial charge in [0, 0.05) is 16.5 Å². The predicted molar refractivity (Wildman–Crippen MR) is 80.1 cm³/mol. The molecule has 1 heterocycles. The van der Waals surface area contributed by atoms with Gasteiger partial charge >= 0.3 is 5.97 Å². The standard InChI is InChI=1S/C17H15NO2/c1-2-11-7-9-12(10-8-11)15-13-5-3-4-6-14(13)18-16(15)17(19)20/h3-10,18H,2H2,1H3,(H,19,20). The molecule has 0 atom stereocenters. The molecule has 20 heavy (non-hydrogen) atoms. The minimum Gasteiger partial charge on any atom is -0.477 e. The maximum absolute atomic E-state index is 11.5. The number of para-hydroxylation sites is 1. The molecule has 0 saturated carbocycles. The number of H-pyrrole nitrogens is 1. The molecule has 3 aromatic rings. The molecule has 0 spiro atoms. The van der Waals surface area contributed by atoms with Gasteiger partial charge in [-0.25, -0.2) is 4.79 Å². The highest BCUT2D eigenvalue weighted by molar-refractivity contribution is 6.07. The van der Waals surface area contributed by atoms with Gasteiger partial charge in [0.1, 0.15) is 5.69 Å². The highest BCUT2D eigenvalue weighted by Crippen LogP contribution is 2.32. The number of carbonyl (C=O) groups is 1. The number of carboxylic acids is 1.